The fourth-order valence-corrected chi connectivity index (χ4v) is 2.98. The van der Waals surface area contributed by atoms with Crippen LogP contribution in [0.2, 0.25) is 0 Å². The van der Waals surface area contributed by atoms with Crippen molar-refractivity contribution >= 4 is 5.91 Å². The normalized spacial score (nSPS) is 13.7. The van der Waals surface area contributed by atoms with E-state index in [-0.39, 0.29) is 11.8 Å². The Morgan fingerprint density at radius 2 is 2.04 bits per heavy atom. The van der Waals surface area contributed by atoms with Crippen LogP contribution in [0.4, 0.5) is 0 Å². The van der Waals surface area contributed by atoms with Gasteiger partial charge in [0.25, 0.3) is 0 Å². The van der Waals surface area contributed by atoms with Crippen molar-refractivity contribution < 1.29 is 18.8 Å². The molecule has 26 heavy (non-hydrogen) atoms. The molecule has 0 atom stereocenters. The van der Waals surface area contributed by atoms with E-state index < -0.39 is 0 Å². The molecule has 6 nitrogen and oxygen atoms in total. The molecule has 0 spiro atoms. The Balaban J connectivity index is 1.81. The van der Waals surface area contributed by atoms with Crippen molar-refractivity contribution in [3.63, 3.8) is 0 Å². The number of methoxy groups -OCH3 is 2. The number of hydrogen-bond donors (Lipinski definition) is 0. The van der Waals surface area contributed by atoms with Crippen LogP contribution in [-0.2, 0) is 11.3 Å². The van der Waals surface area contributed by atoms with Crippen molar-refractivity contribution in [3.05, 3.63) is 30.0 Å². The van der Waals surface area contributed by atoms with E-state index in [0.29, 0.717) is 29.7 Å². The van der Waals surface area contributed by atoms with Gasteiger partial charge in [0.1, 0.15) is 17.2 Å². The fraction of sp³-hybridized carbons (Fsp3) is 0.500. The minimum Gasteiger partial charge on any atom is -0.497 e. The minimum absolute atomic E-state index is 0.193. The van der Waals surface area contributed by atoms with Crippen LogP contribution in [0.15, 0.2) is 28.8 Å². The SMILES string of the molecule is COc1ccc(OC)c(-c2cc(CN(CC(C)C)C(=O)C3CC3)no2)c1. The zero-order chi connectivity index (χ0) is 18.7. The monoisotopic (exact) mass is 358 g/mol. The predicted octanol–water partition coefficient (Wildman–Crippen LogP) is 3.75. The molecule has 0 aliphatic heterocycles. The van der Waals surface area contributed by atoms with Gasteiger partial charge in [0.15, 0.2) is 5.76 Å². The van der Waals surface area contributed by atoms with Gasteiger partial charge in [-0.3, -0.25) is 4.79 Å². The second-order valence-electron chi connectivity index (χ2n) is 7.14. The Morgan fingerprint density at radius 3 is 2.65 bits per heavy atom. The van der Waals surface area contributed by atoms with E-state index in [2.05, 4.69) is 19.0 Å². The van der Waals surface area contributed by atoms with Crippen LogP contribution in [0.1, 0.15) is 32.4 Å². The molecule has 1 amide bonds. The number of benzene rings is 1. The molecule has 0 N–H and O–H groups in total. The van der Waals surface area contributed by atoms with Crippen molar-refractivity contribution in [1.82, 2.24) is 10.1 Å². The van der Waals surface area contributed by atoms with Gasteiger partial charge in [-0.1, -0.05) is 19.0 Å². The van der Waals surface area contributed by atoms with Crippen LogP contribution in [0.5, 0.6) is 11.5 Å². The van der Waals surface area contributed by atoms with E-state index in [9.17, 15) is 4.79 Å². The lowest BCUT2D eigenvalue weighted by Gasteiger charge is -2.23. The van der Waals surface area contributed by atoms with Gasteiger partial charge >= 0.3 is 0 Å². The van der Waals surface area contributed by atoms with E-state index in [1.54, 1.807) is 14.2 Å². The highest BCUT2D eigenvalue weighted by atomic mass is 16.5. The maximum atomic E-state index is 12.5. The summed E-state index contributed by atoms with van der Waals surface area (Å²) in [5.74, 6) is 2.81. The largest absolute Gasteiger partial charge is 0.497 e. The highest BCUT2D eigenvalue weighted by molar-refractivity contribution is 5.81. The maximum Gasteiger partial charge on any atom is 0.226 e. The van der Waals surface area contributed by atoms with Gasteiger partial charge in [-0.15, -0.1) is 0 Å². The summed E-state index contributed by atoms with van der Waals surface area (Å²) in [4.78, 5) is 14.4. The Labute approximate surface area is 154 Å². The Kier molecular flexibility index (Phi) is 5.49. The molecule has 0 radical (unpaired) electrons. The zero-order valence-electron chi connectivity index (χ0n) is 15.8. The summed E-state index contributed by atoms with van der Waals surface area (Å²) in [6.07, 6.45) is 2.00. The number of nitrogens with zero attached hydrogens (tertiary/aromatic N) is 2. The highest BCUT2D eigenvalue weighted by Crippen LogP contribution is 2.35. The standard InChI is InChI=1S/C20H26N2O4/c1-13(2)11-22(20(23)14-5-6-14)12-15-9-19(26-21-15)17-10-16(24-3)7-8-18(17)25-4/h7-10,13-14H,5-6,11-12H2,1-4H3. The second-order valence-corrected chi connectivity index (χ2v) is 7.14. The molecule has 1 aliphatic rings. The minimum atomic E-state index is 0.193. The van der Waals surface area contributed by atoms with Crippen LogP contribution >= 0.6 is 0 Å². The summed E-state index contributed by atoms with van der Waals surface area (Å²) in [5, 5.41) is 4.17. The summed E-state index contributed by atoms with van der Waals surface area (Å²) in [7, 11) is 3.23. The molecule has 2 aromatic rings. The van der Waals surface area contributed by atoms with Gasteiger partial charge in [-0.25, -0.2) is 0 Å². The first kappa shape index (κ1) is 18.3. The van der Waals surface area contributed by atoms with Crippen LogP contribution < -0.4 is 9.47 Å². The van der Waals surface area contributed by atoms with E-state index in [4.69, 9.17) is 14.0 Å². The molecule has 1 aromatic heterocycles. The molecule has 140 valence electrons. The third-order valence-corrected chi connectivity index (χ3v) is 4.41. The molecule has 0 unspecified atom stereocenters. The lowest BCUT2D eigenvalue weighted by Crippen LogP contribution is -2.34. The summed E-state index contributed by atoms with van der Waals surface area (Å²) in [6, 6.07) is 7.38. The molecule has 0 bridgehead atoms. The third kappa shape index (κ3) is 4.18. The number of rotatable bonds is 8. The fourth-order valence-electron chi connectivity index (χ4n) is 2.98. The number of carbonyl (C=O) groups is 1. The number of carbonyl (C=O) groups excluding carboxylic acids is 1. The molecular weight excluding hydrogens is 332 g/mol. The lowest BCUT2D eigenvalue weighted by atomic mass is 10.1. The average molecular weight is 358 g/mol. The van der Waals surface area contributed by atoms with E-state index in [1.165, 1.54) is 0 Å². The van der Waals surface area contributed by atoms with E-state index in [1.807, 2.05) is 29.2 Å². The predicted molar refractivity (Wildman–Crippen MR) is 98.0 cm³/mol. The number of hydrogen-bond acceptors (Lipinski definition) is 5. The Bertz CT molecular complexity index is 765. The van der Waals surface area contributed by atoms with E-state index >= 15 is 0 Å². The second kappa shape index (κ2) is 7.81. The van der Waals surface area contributed by atoms with Crippen LogP contribution in [0.25, 0.3) is 11.3 Å². The first-order chi connectivity index (χ1) is 12.5. The van der Waals surface area contributed by atoms with Crippen LogP contribution in [0.3, 0.4) is 0 Å². The Hall–Kier alpha value is -2.50. The van der Waals surface area contributed by atoms with Crippen LogP contribution in [-0.4, -0.2) is 36.7 Å². The first-order valence-electron chi connectivity index (χ1n) is 8.98. The van der Waals surface area contributed by atoms with Gasteiger partial charge in [-0.2, -0.15) is 0 Å². The summed E-state index contributed by atoms with van der Waals surface area (Å²) in [6.45, 7) is 5.41. The van der Waals surface area contributed by atoms with Crippen molar-refractivity contribution in [3.8, 4) is 22.8 Å². The van der Waals surface area contributed by atoms with Crippen LogP contribution in [0, 0.1) is 11.8 Å². The molecule has 1 aromatic carbocycles. The van der Waals surface area contributed by atoms with Crippen molar-refractivity contribution in [2.45, 2.75) is 33.2 Å². The molecule has 1 fully saturated rings. The maximum absolute atomic E-state index is 12.5. The molecule has 6 heteroatoms. The van der Waals surface area contributed by atoms with Crippen molar-refractivity contribution in [2.24, 2.45) is 11.8 Å². The van der Waals surface area contributed by atoms with Crippen molar-refractivity contribution in [1.29, 1.82) is 0 Å². The quantitative estimate of drug-likeness (QED) is 0.719. The van der Waals surface area contributed by atoms with Gasteiger partial charge in [-0.05, 0) is 37.0 Å². The topological polar surface area (TPSA) is 64.8 Å². The van der Waals surface area contributed by atoms with Gasteiger partial charge < -0.3 is 18.9 Å². The van der Waals surface area contributed by atoms with E-state index in [0.717, 1.165) is 30.6 Å². The number of amides is 1. The first-order valence-corrected chi connectivity index (χ1v) is 8.98. The Morgan fingerprint density at radius 1 is 1.27 bits per heavy atom. The molecule has 1 saturated carbocycles. The smallest absolute Gasteiger partial charge is 0.226 e. The molecular formula is C20H26N2O4. The van der Waals surface area contributed by atoms with Crippen molar-refractivity contribution in [2.75, 3.05) is 20.8 Å². The molecule has 0 saturated heterocycles. The average Bonchev–Trinajstić information content (AvgIpc) is 3.38. The number of ether oxygens (including phenoxy) is 2. The highest BCUT2D eigenvalue weighted by Gasteiger charge is 2.34. The zero-order valence-corrected chi connectivity index (χ0v) is 15.8. The lowest BCUT2D eigenvalue weighted by molar-refractivity contribution is -0.133. The van der Waals surface area contributed by atoms with Gasteiger partial charge in [0, 0.05) is 18.5 Å². The molecule has 1 aliphatic carbocycles. The summed E-state index contributed by atoms with van der Waals surface area (Å²) >= 11 is 0. The van der Waals surface area contributed by atoms with Gasteiger partial charge in [0.2, 0.25) is 5.91 Å². The number of aromatic nitrogens is 1. The molecule has 3 rings (SSSR count). The summed E-state index contributed by atoms with van der Waals surface area (Å²) < 4.78 is 16.2. The van der Waals surface area contributed by atoms with Gasteiger partial charge in [0.05, 0.1) is 26.3 Å². The summed E-state index contributed by atoms with van der Waals surface area (Å²) in [5.41, 5.74) is 1.51. The molecule has 1 heterocycles. The third-order valence-electron chi connectivity index (χ3n) is 4.41.